The highest BCUT2D eigenvalue weighted by Gasteiger charge is 2.41. The van der Waals surface area contributed by atoms with E-state index in [2.05, 4.69) is 0 Å². The van der Waals surface area contributed by atoms with Crippen LogP contribution < -0.4 is 0 Å². The molecule has 0 bridgehead atoms. The summed E-state index contributed by atoms with van der Waals surface area (Å²) in [6.07, 6.45) is 11.4. The predicted octanol–water partition coefficient (Wildman–Crippen LogP) is 4.70. The van der Waals surface area contributed by atoms with Crippen molar-refractivity contribution in [1.82, 2.24) is 0 Å². The molecule has 1 aromatic rings. The molecule has 0 spiro atoms. The number of carbonyl (C=O) groups excluding carboxylic acids is 4. The summed E-state index contributed by atoms with van der Waals surface area (Å²) in [5.74, 6) is -0.664. The fraction of sp³-hybridized carbons (Fsp3) is 0.308. The first kappa shape index (κ1) is 21.6. The Kier molecular flexibility index (Phi) is 5.71. The summed E-state index contributed by atoms with van der Waals surface area (Å²) in [5, 5.41) is 0. The summed E-state index contributed by atoms with van der Waals surface area (Å²) in [4.78, 5) is 49.1. The number of Topliss-reactive ketones (excluding diaryl/α,β-unsaturated/α-hetero) is 4. The molecule has 30 heavy (non-hydrogen) atoms. The van der Waals surface area contributed by atoms with E-state index in [1.54, 1.807) is 24.3 Å². The van der Waals surface area contributed by atoms with Crippen LogP contribution in [0.1, 0.15) is 51.7 Å². The van der Waals surface area contributed by atoms with Crippen molar-refractivity contribution in [2.75, 3.05) is 0 Å². The third-order valence-electron chi connectivity index (χ3n) is 6.41. The smallest absolute Gasteiger partial charge is 0.147 e. The minimum atomic E-state index is -1.12. The molecule has 0 radical (unpaired) electrons. The van der Waals surface area contributed by atoms with E-state index in [1.165, 1.54) is 27.7 Å². The number of hydrogen-bond donors (Lipinski definition) is 0. The Balaban J connectivity index is 1.97. The van der Waals surface area contributed by atoms with Crippen molar-refractivity contribution in [1.29, 1.82) is 0 Å². The summed E-state index contributed by atoms with van der Waals surface area (Å²) >= 11 is 0. The van der Waals surface area contributed by atoms with E-state index >= 15 is 0 Å². The number of carbonyl (C=O) groups is 4. The highest BCUT2D eigenvalue weighted by molar-refractivity contribution is 6.10. The van der Waals surface area contributed by atoms with Crippen LogP contribution in [0.2, 0.25) is 0 Å². The number of ketones is 4. The average Bonchev–Trinajstić information content (AvgIpc) is 2.73. The van der Waals surface area contributed by atoms with E-state index in [0.29, 0.717) is 12.8 Å². The highest BCUT2D eigenvalue weighted by atomic mass is 16.2. The van der Waals surface area contributed by atoms with Crippen LogP contribution in [0.4, 0.5) is 0 Å². The zero-order valence-corrected chi connectivity index (χ0v) is 17.8. The number of benzene rings is 1. The van der Waals surface area contributed by atoms with Crippen LogP contribution in [-0.4, -0.2) is 23.1 Å². The van der Waals surface area contributed by atoms with Gasteiger partial charge in [0, 0.05) is 0 Å². The lowest BCUT2D eigenvalue weighted by Gasteiger charge is -2.30. The van der Waals surface area contributed by atoms with Crippen LogP contribution in [0, 0.1) is 10.8 Å². The monoisotopic (exact) mass is 402 g/mol. The van der Waals surface area contributed by atoms with Gasteiger partial charge in [0.15, 0.2) is 0 Å². The second-order valence-electron chi connectivity index (χ2n) is 8.20. The van der Waals surface area contributed by atoms with E-state index in [-0.39, 0.29) is 23.1 Å². The molecular weight excluding hydrogens is 376 g/mol. The molecule has 0 heterocycles. The van der Waals surface area contributed by atoms with Crippen molar-refractivity contribution in [3.05, 3.63) is 71.8 Å². The molecule has 0 unspecified atom stereocenters. The topological polar surface area (TPSA) is 68.3 Å². The number of allylic oxidation sites excluding steroid dienone is 8. The van der Waals surface area contributed by atoms with Crippen molar-refractivity contribution in [2.45, 2.75) is 40.5 Å². The molecule has 0 atom stereocenters. The van der Waals surface area contributed by atoms with E-state index in [1.807, 2.05) is 36.4 Å². The van der Waals surface area contributed by atoms with Crippen molar-refractivity contribution < 1.29 is 19.2 Å². The maximum Gasteiger partial charge on any atom is 0.147 e. The lowest BCUT2D eigenvalue weighted by atomic mass is 9.70. The highest BCUT2D eigenvalue weighted by Crippen LogP contribution is 2.41. The maximum atomic E-state index is 12.3. The SMILES string of the molecule is CC(=O)C1(C(C)=O)C=CC=C(c2cccc(C3=CC=CC(C(C)=O)(C(C)=O)C3)c2)C1. The summed E-state index contributed by atoms with van der Waals surface area (Å²) in [6.45, 7) is 5.81. The molecule has 4 nitrogen and oxygen atoms in total. The first-order valence-electron chi connectivity index (χ1n) is 10.0. The minimum Gasteiger partial charge on any atom is -0.299 e. The van der Waals surface area contributed by atoms with Gasteiger partial charge in [-0.1, -0.05) is 54.7 Å². The van der Waals surface area contributed by atoms with Crippen molar-refractivity contribution in [2.24, 2.45) is 10.8 Å². The van der Waals surface area contributed by atoms with Gasteiger partial charge in [-0.25, -0.2) is 0 Å². The normalized spacial score (nSPS) is 18.9. The molecule has 0 saturated carbocycles. The van der Waals surface area contributed by atoms with E-state index < -0.39 is 10.8 Å². The third kappa shape index (κ3) is 3.58. The summed E-state index contributed by atoms with van der Waals surface area (Å²) in [6, 6.07) is 7.80. The van der Waals surface area contributed by atoms with E-state index in [0.717, 1.165) is 22.3 Å². The molecule has 154 valence electrons. The van der Waals surface area contributed by atoms with Crippen LogP contribution in [-0.2, 0) is 19.2 Å². The number of hydrogen-bond acceptors (Lipinski definition) is 4. The largest absolute Gasteiger partial charge is 0.299 e. The second kappa shape index (κ2) is 7.94. The van der Waals surface area contributed by atoms with Crippen LogP contribution >= 0.6 is 0 Å². The van der Waals surface area contributed by atoms with Gasteiger partial charge in [0.2, 0.25) is 0 Å². The molecule has 0 fully saturated rings. The van der Waals surface area contributed by atoms with Gasteiger partial charge in [-0.2, -0.15) is 0 Å². The molecule has 1 aromatic carbocycles. The molecule has 0 saturated heterocycles. The average molecular weight is 402 g/mol. The van der Waals surface area contributed by atoms with Gasteiger partial charge in [0.05, 0.1) is 0 Å². The summed E-state index contributed by atoms with van der Waals surface area (Å²) in [5.41, 5.74) is 1.39. The fourth-order valence-electron chi connectivity index (χ4n) is 4.27. The molecule has 0 aromatic heterocycles. The third-order valence-corrected chi connectivity index (χ3v) is 6.41. The molecular formula is C26H26O4. The van der Waals surface area contributed by atoms with Gasteiger partial charge in [-0.05, 0) is 68.9 Å². The van der Waals surface area contributed by atoms with Gasteiger partial charge in [-0.15, -0.1) is 0 Å². The summed E-state index contributed by atoms with van der Waals surface area (Å²) in [7, 11) is 0. The zero-order valence-electron chi connectivity index (χ0n) is 17.8. The lowest BCUT2D eigenvalue weighted by molar-refractivity contribution is -0.136. The maximum absolute atomic E-state index is 12.3. The summed E-state index contributed by atoms with van der Waals surface area (Å²) < 4.78 is 0. The standard InChI is InChI=1S/C26H26O4/c1-17(27)25(18(2)28)12-6-10-23(15-25)21-8-5-9-22(14-21)24-11-7-13-26(16-24,19(3)29)20(4)30/h5-14H,15-16H2,1-4H3. The van der Waals surface area contributed by atoms with Gasteiger partial charge in [0.1, 0.15) is 34.0 Å². The van der Waals surface area contributed by atoms with Gasteiger partial charge < -0.3 is 0 Å². The van der Waals surface area contributed by atoms with Crippen molar-refractivity contribution in [3.63, 3.8) is 0 Å². The Morgan fingerprint density at radius 3 is 1.37 bits per heavy atom. The van der Waals surface area contributed by atoms with Crippen LogP contribution in [0.25, 0.3) is 11.1 Å². The quantitative estimate of drug-likeness (QED) is 0.647. The Bertz CT molecular complexity index is 953. The Labute approximate surface area is 177 Å². The van der Waals surface area contributed by atoms with E-state index in [9.17, 15) is 19.2 Å². The lowest BCUT2D eigenvalue weighted by Crippen LogP contribution is -2.36. The first-order chi connectivity index (χ1) is 14.1. The van der Waals surface area contributed by atoms with Gasteiger partial charge >= 0.3 is 0 Å². The van der Waals surface area contributed by atoms with Crippen LogP contribution in [0.5, 0.6) is 0 Å². The molecule has 0 amide bonds. The molecule has 2 aliphatic carbocycles. The molecule has 0 N–H and O–H groups in total. The fourth-order valence-corrected chi connectivity index (χ4v) is 4.27. The Hall–Kier alpha value is -3.14. The molecule has 3 rings (SSSR count). The Morgan fingerprint density at radius 1 is 0.667 bits per heavy atom. The van der Waals surface area contributed by atoms with Crippen LogP contribution in [0.15, 0.2) is 60.7 Å². The first-order valence-corrected chi connectivity index (χ1v) is 10.0. The molecule has 4 heteroatoms. The second-order valence-corrected chi connectivity index (χ2v) is 8.20. The van der Waals surface area contributed by atoms with E-state index in [4.69, 9.17) is 0 Å². The number of rotatable bonds is 6. The van der Waals surface area contributed by atoms with Gasteiger partial charge in [-0.3, -0.25) is 19.2 Å². The van der Waals surface area contributed by atoms with Gasteiger partial charge in [0.25, 0.3) is 0 Å². The van der Waals surface area contributed by atoms with Crippen LogP contribution in [0.3, 0.4) is 0 Å². The van der Waals surface area contributed by atoms with Crippen molar-refractivity contribution in [3.8, 4) is 0 Å². The minimum absolute atomic E-state index is 0.166. The molecule has 0 aliphatic heterocycles. The Morgan fingerprint density at radius 2 is 1.03 bits per heavy atom. The molecule has 2 aliphatic rings. The van der Waals surface area contributed by atoms with Crippen molar-refractivity contribution >= 4 is 34.3 Å². The zero-order chi connectivity index (χ0) is 22.1. The predicted molar refractivity (Wildman–Crippen MR) is 118 cm³/mol.